The van der Waals surface area contributed by atoms with E-state index in [9.17, 15) is 4.79 Å². The fourth-order valence-corrected chi connectivity index (χ4v) is 1.23. The number of hydrazone groups is 1. The summed E-state index contributed by atoms with van der Waals surface area (Å²) in [7, 11) is 0. The van der Waals surface area contributed by atoms with E-state index in [1.165, 1.54) is 6.92 Å². The van der Waals surface area contributed by atoms with Crippen LogP contribution in [0.4, 0.5) is 0 Å². The van der Waals surface area contributed by atoms with Crippen LogP contribution in [0.1, 0.15) is 19.4 Å². The summed E-state index contributed by atoms with van der Waals surface area (Å²) in [5.41, 5.74) is 5.02. The quantitative estimate of drug-likeness (QED) is 0.464. The normalized spacial score (nSPS) is 12.4. The van der Waals surface area contributed by atoms with Crippen molar-refractivity contribution < 1.29 is 9.90 Å². The minimum atomic E-state index is -1.01. The van der Waals surface area contributed by atoms with Crippen molar-refractivity contribution in [3.8, 4) is 0 Å². The van der Waals surface area contributed by atoms with Gasteiger partial charge in [-0.05, 0) is 25.0 Å². The molecule has 1 aromatic carbocycles. The molecule has 0 bridgehead atoms. The summed E-state index contributed by atoms with van der Waals surface area (Å²) in [6.07, 6.45) is 1.97. The van der Waals surface area contributed by atoms with Crippen LogP contribution in [0.15, 0.2) is 41.5 Å². The van der Waals surface area contributed by atoms with Crippen LogP contribution in [0, 0.1) is 0 Å². The Morgan fingerprint density at radius 2 is 2.00 bits per heavy atom. The number of nitrogens with one attached hydrogen (secondary N) is 1. The smallest absolute Gasteiger partial charge is 0.351 e. The third kappa shape index (κ3) is 4.51. The molecule has 0 radical (unpaired) electrons. The standard InChI is InChI=1S/C13H16N2O2/c1-10(12-6-4-3-5-7-12)8-9-14-15-11(2)13(16)17/h3-8,14H,9H2,1-2H3,(H,16,17)/b10-8-,15-11+. The van der Waals surface area contributed by atoms with Gasteiger partial charge in [0.05, 0.1) is 6.54 Å². The average Bonchev–Trinajstić information content (AvgIpc) is 2.35. The Labute approximate surface area is 101 Å². The molecule has 4 heteroatoms. The molecule has 0 aromatic heterocycles. The van der Waals surface area contributed by atoms with Gasteiger partial charge in [-0.3, -0.25) is 0 Å². The summed E-state index contributed by atoms with van der Waals surface area (Å²) in [6.45, 7) is 3.96. The summed E-state index contributed by atoms with van der Waals surface area (Å²) in [4.78, 5) is 10.5. The summed E-state index contributed by atoms with van der Waals surface area (Å²) in [6, 6.07) is 9.98. The lowest BCUT2D eigenvalue weighted by atomic mass is 10.1. The van der Waals surface area contributed by atoms with Crippen molar-refractivity contribution in [1.82, 2.24) is 5.43 Å². The minimum absolute atomic E-state index is 0.0516. The maximum Gasteiger partial charge on any atom is 0.351 e. The van der Waals surface area contributed by atoms with E-state index in [4.69, 9.17) is 5.11 Å². The fraction of sp³-hybridized carbons (Fsp3) is 0.231. The Morgan fingerprint density at radius 1 is 1.35 bits per heavy atom. The predicted octanol–water partition coefficient (Wildman–Crippen LogP) is 2.14. The molecule has 0 amide bonds. The van der Waals surface area contributed by atoms with Crippen molar-refractivity contribution in [1.29, 1.82) is 0 Å². The highest BCUT2D eigenvalue weighted by molar-refractivity contribution is 6.34. The van der Waals surface area contributed by atoms with E-state index in [0.29, 0.717) is 6.54 Å². The van der Waals surface area contributed by atoms with Gasteiger partial charge >= 0.3 is 5.97 Å². The number of allylic oxidation sites excluding steroid dienone is 1. The SMILES string of the molecule is C/C(=C/CN/N=C(\C)C(=O)O)c1ccccc1. The summed E-state index contributed by atoms with van der Waals surface area (Å²) in [5.74, 6) is -1.01. The lowest BCUT2D eigenvalue weighted by Crippen LogP contribution is -2.15. The van der Waals surface area contributed by atoms with E-state index < -0.39 is 5.97 Å². The van der Waals surface area contributed by atoms with Gasteiger partial charge in [0, 0.05) is 0 Å². The first-order valence-electron chi connectivity index (χ1n) is 5.34. The first-order valence-corrected chi connectivity index (χ1v) is 5.34. The fourth-order valence-electron chi connectivity index (χ4n) is 1.23. The molecule has 0 fully saturated rings. The van der Waals surface area contributed by atoms with E-state index in [-0.39, 0.29) is 5.71 Å². The van der Waals surface area contributed by atoms with E-state index in [1.54, 1.807) is 0 Å². The van der Waals surface area contributed by atoms with Crippen LogP contribution in [0.25, 0.3) is 5.57 Å². The lowest BCUT2D eigenvalue weighted by Gasteiger charge is -2.01. The van der Waals surface area contributed by atoms with E-state index in [0.717, 1.165) is 11.1 Å². The number of aliphatic carboxylic acids is 1. The van der Waals surface area contributed by atoms with Crippen LogP contribution in [-0.4, -0.2) is 23.3 Å². The molecule has 0 unspecified atom stereocenters. The zero-order chi connectivity index (χ0) is 12.7. The number of benzene rings is 1. The Hall–Kier alpha value is -2.10. The molecule has 0 aliphatic carbocycles. The predicted molar refractivity (Wildman–Crippen MR) is 68.8 cm³/mol. The molecule has 1 rings (SSSR count). The minimum Gasteiger partial charge on any atom is -0.477 e. The monoisotopic (exact) mass is 232 g/mol. The van der Waals surface area contributed by atoms with Gasteiger partial charge in [-0.25, -0.2) is 4.79 Å². The summed E-state index contributed by atoms with van der Waals surface area (Å²) >= 11 is 0. The van der Waals surface area contributed by atoms with Gasteiger partial charge in [0.1, 0.15) is 5.71 Å². The van der Waals surface area contributed by atoms with Gasteiger partial charge < -0.3 is 10.5 Å². The summed E-state index contributed by atoms with van der Waals surface area (Å²) in [5, 5.41) is 12.3. The van der Waals surface area contributed by atoms with Gasteiger partial charge in [0.2, 0.25) is 0 Å². The van der Waals surface area contributed by atoms with Gasteiger partial charge in [0.25, 0.3) is 0 Å². The number of carboxylic acid groups (broad SMARTS) is 1. The van der Waals surface area contributed by atoms with Crippen molar-refractivity contribution in [2.75, 3.05) is 6.54 Å². The molecular formula is C13H16N2O2. The van der Waals surface area contributed by atoms with Gasteiger partial charge in [0.15, 0.2) is 0 Å². The largest absolute Gasteiger partial charge is 0.477 e. The highest BCUT2D eigenvalue weighted by Gasteiger charge is 1.99. The average molecular weight is 232 g/mol. The molecular weight excluding hydrogens is 216 g/mol. The van der Waals surface area contributed by atoms with Gasteiger partial charge in [-0.1, -0.05) is 36.4 Å². The van der Waals surface area contributed by atoms with Crippen LogP contribution in [0.5, 0.6) is 0 Å². The Morgan fingerprint density at radius 3 is 2.59 bits per heavy atom. The molecule has 4 nitrogen and oxygen atoms in total. The molecule has 0 spiro atoms. The number of hydrogen-bond donors (Lipinski definition) is 2. The molecule has 0 saturated carbocycles. The molecule has 17 heavy (non-hydrogen) atoms. The molecule has 0 atom stereocenters. The van der Waals surface area contributed by atoms with Crippen LogP contribution in [0.2, 0.25) is 0 Å². The molecule has 0 heterocycles. The molecule has 0 saturated heterocycles. The molecule has 2 N–H and O–H groups in total. The second-order valence-corrected chi connectivity index (χ2v) is 3.62. The van der Waals surface area contributed by atoms with Crippen molar-refractivity contribution in [3.63, 3.8) is 0 Å². The van der Waals surface area contributed by atoms with Crippen LogP contribution < -0.4 is 5.43 Å². The highest BCUT2D eigenvalue weighted by atomic mass is 16.4. The number of hydrogen-bond acceptors (Lipinski definition) is 3. The number of nitrogens with zero attached hydrogens (tertiary/aromatic N) is 1. The Balaban J connectivity index is 2.50. The van der Waals surface area contributed by atoms with E-state index in [2.05, 4.69) is 10.5 Å². The topological polar surface area (TPSA) is 61.7 Å². The lowest BCUT2D eigenvalue weighted by molar-refractivity contribution is -0.129. The highest BCUT2D eigenvalue weighted by Crippen LogP contribution is 2.11. The Bertz CT molecular complexity index is 436. The maximum atomic E-state index is 10.5. The first-order chi connectivity index (χ1) is 8.11. The zero-order valence-electron chi connectivity index (χ0n) is 9.97. The molecule has 1 aromatic rings. The molecule has 0 aliphatic heterocycles. The van der Waals surface area contributed by atoms with Crippen LogP contribution >= 0.6 is 0 Å². The number of carbonyl (C=O) groups is 1. The zero-order valence-corrected chi connectivity index (χ0v) is 9.97. The first kappa shape index (κ1) is 13.0. The van der Waals surface area contributed by atoms with Crippen molar-refractivity contribution in [2.45, 2.75) is 13.8 Å². The van der Waals surface area contributed by atoms with Gasteiger partial charge in [-0.15, -0.1) is 0 Å². The number of carboxylic acids is 1. The van der Waals surface area contributed by atoms with E-state index in [1.807, 2.05) is 43.3 Å². The second-order valence-electron chi connectivity index (χ2n) is 3.62. The number of rotatable bonds is 5. The third-order valence-electron chi connectivity index (χ3n) is 2.28. The third-order valence-corrected chi connectivity index (χ3v) is 2.28. The van der Waals surface area contributed by atoms with Gasteiger partial charge in [-0.2, -0.15) is 5.10 Å². The van der Waals surface area contributed by atoms with Crippen molar-refractivity contribution >= 4 is 17.3 Å². The van der Waals surface area contributed by atoms with Crippen molar-refractivity contribution in [3.05, 3.63) is 42.0 Å². The summed E-state index contributed by atoms with van der Waals surface area (Å²) < 4.78 is 0. The second kappa shape index (κ2) is 6.48. The van der Waals surface area contributed by atoms with E-state index >= 15 is 0 Å². The maximum absolute atomic E-state index is 10.5. The molecule has 90 valence electrons. The molecule has 0 aliphatic rings. The Kier molecular flexibility index (Phi) is 4.94. The van der Waals surface area contributed by atoms with Crippen LogP contribution in [0.3, 0.4) is 0 Å². The van der Waals surface area contributed by atoms with Crippen molar-refractivity contribution in [2.24, 2.45) is 5.10 Å². The van der Waals surface area contributed by atoms with Crippen LogP contribution in [-0.2, 0) is 4.79 Å².